The molecule has 1 aliphatic rings. The molecule has 7 heteroatoms. The van der Waals surface area contributed by atoms with Crippen molar-refractivity contribution in [1.82, 2.24) is 10.3 Å². The Morgan fingerprint density at radius 3 is 3.10 bits per heavy atom. The minimum atomic E-state index is -0.457. The number of nitrogens with zero attached hydrogens (tertiary/aromatic N) is 1. The second kappa shape index (κ2) is 6.76. The Kier molecular flexibility index (Phi) is 5.02. The van der Waals surface area contributed by atoms with Gasteiger partial charge in [-0.05, 0) is 18.2 Å². The van der Waals surface area contributed by atoms with Crippen molar-refractivity contribution in [2.24, 2.45) is 5.84 Å². The summed E-state index contributed by atoms with van der Waals surface area (Å²) in [6.45, 7) is 1.98. The zero-order valence-corrected chi connectivity index (χ0v) is 11.0. The molecule has 110 valence electrons. The van der Waals surface area contributed by atoms with E-state index in [2.05, 4.69) is 0 Å². The van der Waals surface area contributed by atoms with Gasteiger partial charge in [0.15, 0.2) is 0 Å². The lowest BCUT2D eigenvalue weighted by molar-refractivity contribution is -0.0553. The second-order valence-electron chi connectivity index (χ2n) is 4.69. The Balaban J connectivity index is 2.10. The Morgan fingerprint density at radius 1 is 1.60 bits per heavy atom. The Labute approximate surface area is 116 Å². The number of benzene rings is 1. The van der Waals surface area contributed by atoms with Crippen molar-refractivity contribution in [2.45, 2.75) is 12.6 Å². The number of nitrogen functional groups attached to an aromatic ring is 1. The van der Waals surface area contributed by atoms with E-state index in [9.17, 15) is 9.18 Å². The van der Waals surface area contributed by atoms with Gasteiger partial charge < -0.3 is 9.84 Å². The number of morpholine rings is 1. The molecule has 1 aromatic carbocycles. The highest BCUT2D eigenvalue weighted by Gasteiger charge is 2.21. The SMILES string of the molecule is NNC(=O)c1ccc(F)c(CN2CCOC(CO)C2)c1. The average molecular weight is 283 g/mol. The van der Waals surface area contributed by atoms with Crippen molar-refractivity contribution in [3.63, 3.8) is 0 Å². The first-order valence-corrected chi connectivity index (χ1v) is 6.38. The number of carbonyl (C=O) groups is 1. The summed E-state index contributed by atoms with van der Waals surface area (Å²) in [6, 6.07) is 4.13. The topological polar surface area (TPSA) is 87.8 Å². The molecule has 4 N–H and O–H groups in total. The molecule has 1 unspecified atom stereocenters. The highest BCUT2D eigenvalue weighted by Crippen LogP contribution is 2.15. The van der Waals surface area contributed by atoms with E-state index in [-0.39, 0.29) is 18.5 Å². The summed E-state index contributed by atoms with van der Waals surface area (Å²) in [6.07, 6.45) is -0.248. The minimum Gasteiger partial charge on any atom is -0.394 e. The molecule has 1 fully saturated rings. The molecule has 0 radical (unpaired) electrons. The number of aliphatic hydroxyl groups is 1. The fraction of sp³-hybridized carbons (Fsp3) is 0.462. The number of nitrogens with two attached hydrogens (primary N) is 1. The monoisotopic (exact) mass is 283 g/mol. The van der Waals surface area contributed by atoms with Gasteiger partial charge in [0.25, 0.3) is 5.91 Å². The van der Waals surface area contributed by atoms with Gasteiger partial charge in [-0.2, -0.15) is 0 Å². The molecule has 0 bridgehead atoms. The predicted octanol–water partition coefficient (Wildman–Crippen LogP) is -0.378. The standard InChI is InChI=1S/C13H18FN3O3/c14-12-2-1-9(13(19)16-15)5-10(12)6-17-3-4-20-11(7-17)8-18/h1-2,5,11,18H,3-4,6-8,15H2,(H,16,19). The van der Waals surface area contributed by atoms with Gasteiger partial charge >= 0.3 is 0 Å². The van der Waals surface area contributed by atoms with E-state index in [1.165, 1.54) is 18.2 Å². The fourth-order valence-electron chi connectivity index (χ4n) is 2.20. The fourth-order valence-corrected chi connectivity index (χ4v) is 2.20. The summed E-state index contributed by atoms with van der Waals surface area (Å²) in [5.41, 5.74) is 2.76. The molecular formula is C13H18FN3O3. The maximum Gasteiger partial charge on any atom is 0.265 e. The third kappa shape index (κ3) is 3.51. The van der Waals surface area contributed by atoms with Crippen molar-refractivity contribution in [3.8, 4) is 0 Å². The van der Waals surface area contributed by atoms with Crippen molar-refractivity contribution < 1.29 is 19.0 Å². The van der Waals surface area contributed by atoms with Crippen LogP contribution in [-0.2, 0) is 11.3 Å². The number of aliphatic hydroxyl groups excluding tert-OH is 1. The van der Waals surface area contributed by atoms with E-state index in [1.54, 1.807) is 0 Å². The number of hydrogen-bond acceptors (Lipinski definition) is 5. The lowest BCUT2D eigenvalue weighted by Crippen LogP contribution is -2.43. The number of nitrogens with one attached hydrogen (secondary N) is 1. The molecule has 20 heavy (non-hydrogen) atoms. The maximum atomic E-state index is 13.8. The first kappa shape index (κ1) is 14.9. The lowest BCUT2D eigenvalue weighted by Gasteiger charge is -2.32. The van der Waals surface area contributed by atoms with Gasteiger partial charge in [-0.15, -0.1) is 0 Å². The highest BCUT2D eigenvalue weighted by molar-refractivity contribution is 5.93. The van der Waals surface area contributed by atoms with Crippen LogP contribution in [0.25, 0.3) is 0 Å². The molecule has 1 amide bonds. The number of halogens is 1. The van der Waals surface area contributed by atoms with Crippen LogP contribution in [0.2, 0.25) is 0 Å². The molecule has 1 saturated heterocycles. The normalized spacial score (nSPS) is 19.9. The summed E-state index contributed by atoms with van der Waals surface area (Å²) in [4.78, 5) is 13.4. The van der Waals surface area contributed by atoms with E-state index in [1.807, 2.05) is 10.3 Å². The van der Waals surface area contributed by atoms with E-state index in [4.69, 9.17) is 15.7 Å². The minimum absolute atomic E-state index is 0.0609. The quantitative estimate of drug-likeness (QED) is 0.398. The summed E-state index contributed by atoms with van der Waals surface area (Å²) >= 11 is 0. The van der Waals surface area contributed by atoms with Crippen molar-refractivity contribution in [1.29, 1.82) is 0 Å². The van der Waals surface area contributed by atoms with Crippen LogP contribution in [-0.4, -0.2) is 48.3 Å². The maximum absolute atomic E-state index is 13.8. The predicted molar refractivity (Wildman–Crippen MR) is 70.2 cm³/mol. The van der Waals surface area contributed by atoms with Crippen LogP contribution in [0.1, 0.15) is 15.9 Å². The largest absolute Gasteiger partial charge is 0.394 e. The van der Waals surface area contributed by atoms with Gasteiger partial charge in [-0.3, -0.25) is 15.1 Å². The number of rotatable bonds is 4. The van der Waals surface area contributed by atoms with Crippen molar-refractivity contribution >= 4 is 5.91 Å². The molecule has 0 saturated carbocycles. The van der Waals surface area contributed by atoms with E-state index >= 15 is 0 Å². The first-order chi connectivity index (χ1) is 9.63. The van der Waals surface area contributed by atoms with Crippen molar-refractivity contribution in [3.05, 3.63) is 35.1 Å². The van der Waals surface area contributed by atoms with E-state index in [0.29, 0.717) is 37.4 Å². The summed E-state index contributed by atoms with van der Waals surface area (Å²) in [5, 5.41) is 9.09. The van der Waals surface area contributed by atoms with Crippen LogP contribution in [0.4, 0.5) is 4.39 Å². The molecular weight excluding hydrogens is 265 g/mol. The van der Waals surface area contributed by atoms with E-state index < -0.39 is 5.91 Å². The lowest BCUT2D eigenvalue weighted by atomic mass is 10.1. The Bertz CT molecular complexity index is 484. The summed E-state index contributed by atoms with van der Waals surface area (Å²) < 4.78 is 19.1. The smallest absolute Gasteiger partial charge is 0.265 e. The first-order valence-electron chi connectivity index (χ1n) is 6.38. The van der Waals surface area contributed by atoms with Crippen LogP contribution >= 0.6 is 0 Å². The molecule has 0 aromatic heterocycles. The van der Waals surface area contributed by atoms with Gasteiger partial charge in [-0.25, -0.2) is 10.2 Å². The molecule has 1 atom stereocenters. The molecule has 6 nitrogen and oxygen atoms in total. The highest BCUT2D eigenvalue weighted by atomic mass is 19.1. The molecule has 0 aliphatic carbocycles. The third-order valence-corrected chi connectivity index (χ3v) is 3.26. The number of carbonyl (C=O) groups excluding carboxylic acids is 1. The van der Waals surface area contributed by atoms with Crippen LogP contribution in [0, 0.1) is 5.82 Å². The molecule has 0 spiro atoms. The van der Waals surface area contributed by atoms with E-state index in [0.717, 1.165) is 0 Å². The van der Waals surface area contributed by atoms with Crippen LogP contribution < -0.4 is 11.3 Å². The van der Waals surface area contributed by atoms with Crippen LogP contribution in [0.5, 0.6) is 0 Å². The van der Waals surface area contributed by atoms with Gasteiger partial charge in [-0.1, -0.05) is 0 Å². The van der Waals surface area contributed by atoms with Crippen LogP contribution in [0.3, 0.4) is 0 Å². The van der Waals surface area contributed by atoms with Gasteiger partial charge in [0.1, 0.15) is 5.82 Å². The van der Waals surface area contributed by atoms with Gasteiger partial charge in [0, 0.05) is 30.8 Å². The van der Waals surface area contributed by atoms with Crippen LogP contribution in [0.15, 0.2) is 18.2 Å². The molecule has 2 rings (SSSR count). The van der Waals surface area contributed by atoms with Crippen molar-refractivity contribution in [2.75, 3.05) is 26.3 Å². The second-order valence-corrected chi connectivity index (χ2v) is 4.69. The van der Waals surface area contributed by atoms with Gasteiger partial charge in [0.2, 0.25) is 0 Å². The number of ether oxygens (including phenoxy) is 1. The zero-order valence-electron chi connectivity index (χ0n) is 11.0. The summed E-state index contributed by atoms with van der Waals surface area (Å²) in [5.74, 6) is 4.24. The number of hydrogen-bond donors (Lipinski definition) is 3. The average Bonchev–Trinajstić information content (AvgIpc) is 2.49. The Morgan fingerprint density at radius 2 is 2.40 bits per heavy atom. The molecule has 1 aliphatic heterocycles. The number of hydrazine groups is 1. The summed E-state index contributed by atoms with van der Waals surface area (Å²) in [7, 11) is 0. The molecule has 1 heterocycles. The Hall–Kier alpha value is -1.54. The van der Waals surface area contributed by atoms with Gasteiger partial charge in [0.05, 0.1) is 19.3 Å². The third-order valence-electron chi connectivity index (χ3n) is 3.26. The zero-order chi connectivity index (χ0) is 14.5. The number of amides is 1. The molecule has 1 aromatic rings.